The van der Waals surface area contributed by atoms with Crippen molar-refractivity contribution in [2.45, 2.75) is 13.3 Å². The van der Waals surface area contributed by atoms with Crippen LogP contribution in [0.3, 0.4) is 0 Å². The molecule has 1 aliphatic rings. The summed E-state index contributed by atoms with van der Waals surface area (Å²) in [5.74, 6) is 0.0370. The van der Waals surface area contributed by atoms with Gasteiger partial charge >= 0.3 is 0 Å². The van der Waals surface area contributed by atoms with Crippen LogP contribution < -0.4 is 0 Å². The Kier molecular flexibility index (Phi) is 1.72. The van der Waals surface area contributed by atoms with Crippen LogP contribution in [0.2, 0.25) is 0 Å². The van der Waals surface area contributed by atoms with Crippen LogP contribution in [-0.2, 0) is 4.79 Å². The van der Waals surface area contributed by atoms with Crippen molar-refractivity contribution in [3.05, 3.63) is 0 Å². The first kappa shape index (κ1) is 6.13. The zero-order valence-electron chi connectivity index (χ0n) is 5.24. The molecule has 0 aromatic heterocycles. The van der Waals surface area contributed by atoms with Gasteiger partial charge in [0.2, 0.25) is 0 Å². The van der Waals surface area contributed by atoms with E-state index in [1.54, 1.807) is 6.21 Å². The van der Waals surface area contributed by atoms with Crippen LogP contribution >= 0.6 is 0 Å². The van der Waals surface area contributed by atoms with Crippen molar-refractivity contribution in [3.8, 4) is 0 Å². The first-order valence-electron chi connectivity index (χ1n) is 2.95. The molecule has 1 heterocycles. The van der Waals surface area contributed by atoms with Crippen molar-refractivity contribution in [2.24, 2.45) is 16.1 Å². The smallest absolute Gasteiger partial charge is 0.184 e. The van der Waals surface area contributed by atoms with E-state index in [2.05, 4.69) is 10.2 Å². The van der Waals surface area contributed by atoms with Crippen LogP contribution in [-0.4, -0.2) is 18.2 Å². The minimum atomic E-state index is -0.0255. The second kappa shape index (κ2) is 2.53. The maximum atomic E-state index is 10.8. The van der Waals surface area contributed by atoms with Crippen LogP contribution in [0, 0.1) is 5.92 Å². The average Bonchev–Trinajstić information content (AvgIpc) is 1.89. The monoisotopic (exact) mass is 124 g/mol. The van der Waals surface area contributed by atoms with Gasteiger partial charge in [-0.3, -0.25) is 4.79 Å². The molecule has 48 valence electrons. The van der Waals surface area contributed by atoms with Crippen molar-refractivity contribution in [1.82, 2.24) is 0 Å². The van der Waals surface area contributed by atoms with Crippen molar-refractivity contribution in [2.75, 3.05) is 0 Å². The highest BCUT2D eigenvalue weighted by molar-refractivity contribution is 6.32. The Bertz CT molecular complexity index is 172. The molecular formula is C6H8N2O. The highest BCUT2D eigenvalue weighted by atomic mass is 16.1. The fourth-order valence-electron chi connectivity index (χ4n) is 0.685. The largest absolute Gasteiger partial charge is 0.292 e. The number of hydrogen-bond donors (Lipinski definition) is 0. The Balaban J connectivity index is 2.66. The van der Waals surface area contributed by atoms with E-state index in [1.807, 2.05) is 6.92 Å². The molecule has 9 heavy (non-hydrogen) atoms. The number of carbonyl (C=O) groups is 1. The molecule has 1 aliphatic heterocycles. The van der Waals surface area contributed by atoms with Gasteiger partial charge < -0.3 is 0 Å². The first-order chi connectivity index (χ1) is 4.34. The van der Waals surface area contributed by atoms with Crippen LogP contribution in [0.5, 0.6) is 0 Å². The first-order valence-corrected chi connectivity index (χ1v) is 2.95. The minimum Gasteiger partial charge on any atom is -0.292 e. The van der Waals surface area contributed by atoms with E-state index in [9.17, 15) is 4.79 Å². The van der Waals surface area contributed by atoms with Crippen LogP contribution in [0.15, 0.2) is 10.2 Å². The summed E-state index contributed by atoms with van der Waals surface area (Å²) in [5.41, 5.74) is 0. The molecule has 0 aromatic carbocycles. The van der Waals surface area contributed by atoms with E-state index in [-0.39, 0.29) is 11.7 Å². The maximum Gasteiger partial charge on any atom is 0.184 e. The molecular weight excluding hydrogens is 116 g/mol. The van der Waals surface area contributed by atoms with Crippen LogP contribution in [0.4, 0.5) is 0 Å². The lowest BCUT2D eigenvalue weighted by Crippen LogP contribution is -2.18. The molecule has 0 saturated carbocycles. The molecule has 1 unspecified atom stereocenters. The second-order valence-corrected chi connectivity index (χ2v) is 1.93. The Morgan fingerprint density at radius 3 is 2.89 bits per heavy atom. The molecule has 0 N–H and O–H groups in total. The highest BCUT2D eigenvalue weighted by Gasteiger charge is 2.13. The van der Waals surface area contributed by atoms with Gasteiger partial charge in [-0.15, -0.1) is 0 Å². The number of hydrogen-bond acceptors (Lipinski definition) is 3. The Morgan fingerprint density at radius 1 is 1.67 bits per heavy atom. The lowest BCUT2D eigenvalue weighted by Gasteiger charge is -2.04. The highest BCUT2D eigenvalue weighted by Crippen LogP contribution is 2.02. The third kappa shape index (κ3) is 1.22. The van der Waals surface area contributed by atoms with E-state index in [0.717, 1.165) is 6.42 Å². The second-order valence-electron chi connectivity index (χ2n) is 1.93. The summed E-state index contributed by atoms with van der Waals surface area (Å²) >= 11 is 0. The summed E-state index contributed by atoms with van der Waals surface area (Å²) in [6.45, 7) is 1.95. The third-order valence-electron chi connectivity index (χ3n) is 1.30. The SMILES string of the molecule is CCC1C=NN=CC1=O. The van der Waals surface area contributed by atoms with Crippen molar-refractivity contribution >= 4 is 18.2 Å². The quantitative estimate of drug-likeness (QED) is 0.506. The molecule has 0 saturated heterocycles. The summed E-state index contributed by atoms with van der Waals surface area (Å²) < 4.78 is 0. The standard InChI is InChI=1S/C6H8N2O/c1-2-5-3-7-8-4-6(5)9/h3-5H,2H2,1H3. The molecule has 0 radical (unpaired) electrons. The molecule has 0 fully saturated rings. The molecule has 0 amide bonds. The Labute approximate surface area is 53.5 Å². The lowest BCUT2D eigenvalue weighted by atomic mass is 10.0. The number of ketones is 1. The molecule has 1 atom stereocenters. The average molecular weight is 124 g/mol. The van der Waals surface area contributed by atoms with Crippen LogP contribution in [0.1, 0.15) is 13.3 Å². The molecule has 3 heteroatoms. The van der Waals surface area contributed by atoms with Gasteiger partial charge in [0.1, 0.15) is 0 Å². The van der Waals surface area contributed by atoms with Crippen molar-refractivity contribution in [1.29, 1.82) is 0 Å². The fraction of sp³-hybridized carbons (Fsp3) is 0.500. The summed E-state index contributed by atoms with van der Waals surface area (Å²) in [6.07, 6.45) is 3.67. The summed E-state index contributed by atoms with van der Waals surface area (Å²) in [6, 6.07) is 0. The van der Waals surface area contributed by atoms with Gasteiger partial charge in [-0.05, 0) is 6.42 Å². The van der Waals surface area contributed by atoms with E-state index >= 15 is 0 Å². The molecule has 0 bridgehead atoms. The van der Waals surface area contributed by atoms with E-state index < -0.39 is 0 Å². The summed E-state index contributed by atoms with van der Waals surface area (Å²) in [7, 11) is 0. The Morgan fingerprint density at radius 2 is 2.44 bits per heavy atom. The topological polar surface area (TPSA) is 41.8 Å². The molecule has 0 aliphatic carbocycles. The van der Waals surface area contributed by atoms with Gasteiger partial charge in [-0.1, -0.05) is 6.92 Å². The number of carbonyl (C=O) groups excluding carboxylic acids is 1. The molecule has 3 nitrogen and oxygen atoms in total. The van der Waals surface area contributed by atoms with E-state index in [0.29, 0.717) is 0 Å². The number of nitrogens with zero attached hydrogens (tertiary/aromatic N) is 2. The number of Topliss-reactive ketones (excluding diaryl/α,β-unsaturated/α-hetero) is 1. The number of rotatable bonds is 1. The minimum absolute atomic E-state index is 0.0255. The fourth-order valence-corrected chi connectivity index (χ4v) is 0.685. The predicted octanol–water partition coefficient (Wildman–Crippen LogP) is 0.652. The summed E-state index contributed by atoms with van der Waals surface area (Å²) in [4.78, 5) is 10.8. The van der Waals surface area contributed by atoms with Gasteiger partial charge in [0.05, 0.1) is 12.1 Å². The van der Waals surface area contributed by atoms with Gasteiger partial charge in [0, 0.05) is 6.21 Å². The Hall–Kier alpha value is -0.990. The van der Waals surface area contributed by atoms with Gasteiger partial charge in [0.25, 0.3) is 0 Å². The molecule has 0 spiro atoms. The maximum absolute atomic E-state index is 10.8. The normalized spacial score (nSPS) is 25.0. The van der Waals surface area contributed by atoms with Crippen molar-refractivity contribution < 1.29 is 4.79 Å². The van der Waals surface area contributed by atoms with Crippen molar-refractivity contribution in [3.63, 3.8) is 0 Å². The zero-order valence-corrected chi connectivity index (χ0v) is 5.24. The van der Waals surface area contributed by atoms with Gasteiger partial charge in [0.15, 0.2) is 5.78 Å². The van der Waals surface area contributed by atoms with Crippen LogP contribution in [0.25, 0.3) is 0 Å². The molecule has 0 aromatic rings. The van der Waals surface area contributed by atoms with E-state index in [4.69, 9.17) is 0 Å². The third-order valence-corrected chi connectivity index (χ3v) is 1.30. The molecule has 1 rings (SSSR count). The van der Waals surface area contributed by atoms with E-state index in [1.165, 1.54) is 6.21 Å². The summed E-state index contributed by atoms with van der Waals surface area (Å²) in [5, 5.41) is 7.05. The lowest BCUT2D eigenvalue weighted by molar-refractivity contribution is -0.114. The zero-order chi connectivity index (χ0) is 6.69. The van der Waals surface area contributed by atoms with Gasteiger partial charge in [-0.2, -0.15) is 10.2 Å². The van der Waals surface area contributed by atoms with Gasteiger partial charge in [-0.25, -0.2) is 0 Å². The predicted molar refractivity (Wildman–Crippen MR) is 35.8 cm³/mol.